The minimum Gasteiger partial charge on any atom is -0.465 e. The second-order valence-corrected chi connectivity index (χ2v) is 13.1. The standard InChI is InChI=1S/C28H46N2O13/c1-16(31)39-14-27(9,10)19(29-23(36)42-25(3,4)5)21(34)38-13-18(33)41-22(35)20(28(11,12)15-40-17(2)32)30-24(37)43-26(6,7)8/h19-20H,13-15H2,1-12H3,(H,29,36)(H,30,37). The minimum absolute atomic E-state index is 0.309. The number of amides is 2. The van der Waals surface area contributed by atoms with Gasteiger partial charge in [-0.15, -0.1) is 0 Å². The normalized spacial score (nSPS) is 13.4. The molecule has 0 aromatic heterocycles. The Balaban J connectivity index is 5.76. The summed E-state index contributed by atoms with van der Waals surface area (Å²) in [5, 5.41) is 4.67. The van der Waals surface area contributed by atoms with Crippen molar-refractivity contribution in [3.05, 3.63) is 0 Å². The summed E-state index contributed by atoms with van der Waals surface area (Å²) in [6.45, 7) is 16.2. The van der Waals surface area contributed by atoms with E-state index in [1.807, 2.05) is 0 Å². The van der Waals surface area contributed by atoms with Gasteiger partial charge in [0.15, 0.2) is 6.61 Å². The Hall–Kier alpha value is -3.91. The highest BCUT2D eigenvalue weighted by atomic mass is 16.6. The molecular weight excluding hydrogens is 572 g/mol. The van der Waals surface area contributed by atoms with E-state index < -0.39 is 82.8 Å². The van der Waals surface area contributed by atoms with Crippen molar-refractivity contribution >= 4 is 42.0 Å². The summed E-state index contributed by atoms with van der Waals surface area (Å²) in [7, 11) is 0. The summed E-state index contributed by atoms with van der Waals surface area (Å²) in [5.41, 5.74) is -4.34. The molecule has 0 rings (SSSR count). The Bertz CT molecular complexity index is 1050. The molecule has 0 saturated carbocycles. The smallest absolute Gasteiger partial charge is 0.408 e. The fourth-order valence-corrected chi connectivity index (χ4v) is 3.15. The van der Waals surface area contributed by atoms with Crippen LogP contribution in [0, 0.1) is 10.8 Å². The molecule has 2 unspecified atom stereocenters. The van der Waals surface area contributed by atoms with Crippen LogP contribution >= 0.6 is 0 Å². The fourth-order valence-electron chi connectivity index (χ4n) is 3.15. The summed E-state index contributed by atoms with van der Waals surface area (Å²) in [6, 6.07) is -3.00. The molecule has 43 heavy (non-hydrogen) atoms. The first-order valence-corrected chi connectivity index (χ1v) is 13.4. The van der Waals surface area contributed by atoms with Crippen LogP contribution in [0.25, 0.3) is 0 Å². The van der Waals surface area contributed by atoms with E-state index in [2.05, 4.69) is 10.6 Å². The molecule has 2 amide bonds. The van der Waals surface area contributed by atoms with Gasteiger partial charge in [-0.25, -0.2) is 24.0 Å². The Morgan fingerprint density at radius 1 is 0.558 bits per heavy atom. The molecule has 0 radical (unpaired) electrons. The third-order valence-electron chi connectivity index (χ3n) is 5.20. The maximum atomic E-state index is 13.0. The van der Waals surface area contributed by atoms with Crippen molar-refractivity contribution in [2.24, 2.45) is 10.8 Å². The van der Waals surface area contributed by atoms with E-state index in [1.165, 1.54) is 27.7 Å². The average molecular weight is 619 g/mol. The molecule has 0 aliphatic carbocycles. The van der Waals surface area contributed by atoms with Gasteiger partial charge >= 0.3 is 42.0 Å². The number of ether oxygens (including phenoxy) is 6. The van der Waals surface area contributed by atoms with E-state index in [0.717, 1.165) is 13.8 Å². The average Bonchev–Trinajstić information content (AvgIpc) is 2.79. The SMILES string of the molecule is CC(=O)OCC(C)(C)C(NC(=O)OC(C)(C)C)C(=O)OCC(=O)OC(=O)C(NC(=O)OC(C)(C)C)C(C)(C)COC(C)=O. The van der Waals surface area contributed by atoms with Crippen LogP contribution in [0.4, 0.5) is 9.59 Å². The molecular formula is C28H46N2O13. The van der Waals surface area contributed by atoms with E-state index in [0.29, 0.717) is 0 Å². The van der Waals surface area contributed by atoms with Crippen LogP contribution < -0.4 is 10.6 Å². The molecule has 2 atom stereocenters. The molecule has 15 heteroatoms. The van der Waals surface area contributed by atoms with Gasteiger partial charge < -0.3 is 39.1 Å². The van der Waals surface area contributed by atoms with Crippen LogP contribution in [0.3, 0.4) is 0 Å². The van der Waals surface area contributed by atoms with Crippen LogP contribution in [-0.2, 0) is 52.4 Å². The van der Waals surface area contributed by atoms with Crippen LogP contribution in [0.1, 0.15) is 83.1 Å². The number of alkyl carbamates (subject to hydrolysis) is 2. The third-order valence-corrected chi connectivity index (χ3v) is 5.20. The molecule has 0 fully saturated rings. The molecule has 246 valence electrons. The largest absolute Gasteiger partial charge is 0.465 e. The fraction of sp³-hybridized carbons (Fsp3) is 0.750. The molecule has 0 aromatic carbocycles. The quantitative estimate of drug-likeness (QED) is 0.184. The number of esters is 5. The van der Waals surface area contributed by atoms with Crippen LogP contribution in [-0.4, -0.2) is 85.1 Å². The zero-order valence-corrected chi connectivity index (χ0v) is 27.1. The Labute approximate surface area is 252 Å². The predicted octanol–water partition coefficient (Wildman–Crippen LogP) is 2.56. The van der Waals surface area contributed by atoms with Crippen molar-refractivity contribution in [2.45, 2.75) is 106 Å². The summed E-state index contributed by atoms with van der Waals surface area (Å²) in [6.07, 6.45) is -1.98. The molecule has 0 aromatic rings. The van der Waals surface area contributed by atoms with E-state index >= 15 is 0 Å². The lowest BCUT2D eigenvalue weighted by molar-refractivity contribution is -0.172. The van der Waals surface area contributed by atoms with Crippen molar-refractivity contribution in [1.82, 2.24) is 10.6 Å². The highest BCUT2D eigenvalue weighted by Crippen LogP contribution is 2.25. The highest BCUT2D eigenvalue weighted by Gasteiger charge is 2.42. The highest BCUT2D eigenvalue weighted by molar-refractivity contribution is 5.92. The molecule has 15 nitrogen and oxygen atoms in total. The molecule has 2 N–H and O–H groups in total. The van der Waals surface area contributed by atoms with E-state index in [1.54, 1.807) is 41.5 Å². The zero-order valence-electron chi connectivity index (χ0n) is 27.1. The van der Waals surface area contributed by atoms with Gasteiger partial charge in [0.05, 0.1) is 13.2 Å². The monoisotopic (exact) mass is 618 g/mol. The number of carbonyl (C=O) groups excluding carboxylic acids is 7. The molecule has 0 bridgehead atoms. The molecule has 0 heterocycles. The van der Waals surface area contributed by atoms with Gasteiger partial charge in [-0.1, -0.05) is 27.7 Å². The van der Waals surface area contributed by atoms with Gasteiger partial charge in [0, 0.05) is 24.7 Å². The number of carbonyl (C=O) groups is 7. The lowest BCUT2D eigenvalue weighted by Crippen LogP contribution is -2.55. The molecule has 0 aliphatic heterocycles. The maximum absolute atomic E-state index is 13.0. The van der Waals surface area contributed by atoms with Crippen molar-refractivity contribution in [2.75, 3.05) is 19.8 Å². The summed E-state index contributed by atoms with van der Waals surface area (Å²) in [5.74, 6) is -4.96. The van der Waals surface area contributed by atoms with Crippen LogP contribution in [0.5, 0.6) is 0 Å². The summed E-state index contributed by atoms with van der Waals surface area (Å²) >= 11 is 0. The maximum Gasteiger partial charge on any atom is 0.408 e. The lowest BCUT2D eigenvalue weighted by atomic mass is 9.85. The topological polar surface area (TPSA) is 199 Å². The minimum atomic E-state index is -1.54. The van der Waals surface area contributed by atoms with Crippen molar-refractivity contribution in [3.63, 3.8) is 0 Å². The number of nitrogens with one attached hydrogen (secondary N) is 2. The number of hydrogen-bond donors (Lipinski definition) is 2. The second kappa shape index (κ2) is 15.5. The summed E-state index contributed by atoms with van der Waals surface area (Å²) < 4.78 is 30.2. The van der Waals surface area contributed by atoms with Gasteiger partial charge in [0.2, 0.25) is 0 Å². The Morgan fingerprint density at radius 3 is 1.23 bits per heavy atom. The van der Waals surface area contributed by atoms with Gasteiger partial charge in [0.1, 0.15) is 23.3 Å². The molecule has 0 aliphatic rings. The van der Waals surface area contributed by atoms with Crippen LogP contribution in [0.2, 0.25) is 0 Å². The van der Waals surface area contributed by atoms with Crippen molar-refractivity contribution in [3.8, 4) is 0 Å². The first-order valence-electron chi connectivity index (χ1n) is 13.4. The van der Waals surface area contributed by atoms with E-state index in [-0.39, 0.29) is 13.2 Å². The Kier molecular flexibility index (Phi) is 14.1. The van der Waals surface area contributed by atoms with Gasteiger partial charge in [0.25, 0.3) is 0 Å². The van der Waals surface area contributed by atoms with Crippen molar-refractivity contribution in [1.29, 1.82) is 0 Å². The number of hydrogen-bond acceptors (Lipinski definition) is 13. The van der Waals surface area contributed by atoms with Crippen molar-refractivity contribution < 1.29 is 62.0 Å². The van der Waals surface area contributed by atoms with Gasteiger partial charge in [-0.05, 0) is 41.5 Å². The second-order valence-electron chi connectivity index (χ2n) is 13.1. The van der Waals surface area contributed by atoms with Gasteiger partial charge in [-0.3, -0.25) is 9.59 Å². The first kappa shape index (κ1) is 39.1. The van der Waals surface area contributed by atoms with Gasteiger partial charge in [-0.2, -0.15) is 0 Å². The zero-order chi connectivity index (χ0) is 34.0. The number of rotatable bonds is 12. The molecule has 0 saturated heterocycles. The first-order chi connectivity index (χ1) is 19.3. The third kappa shape index (κ3) is 16.3. The van der Waals surface area contributed by atoms with Crippen LogP contribution in [0.15, 0.2) is 0 Å². The summed E-state index contributed by atoms with van der Waals surface area (Å²) in [4.78, 5) is 86.1. The lowest BCUT2D eigenvalue weighted by Gasteiger charge is -2.33. The Morgan fingerprint density at radius 2 is 0.907 bits per heavy atom. The predicted molar refractivity (Wildman–Crippen MR) is 149 cm³/mol. The van der Waals surface area contributed by atoms with E-state index in [9.17, 15) is 33.6 Å². The molecule has 0 spiro atoms. The van der Waals surface area contributed by atoms with E-state index in [4.69, 9.17) is 28.4 Å².